The number of carbonyl (C=O) groups is 3. The number of urea groups is 1. The van der Waals surface area contributed by atoms with E-state index in [9.17, 15) is 23.2 Å². The van der Waals surface area contributed by atoms with Gasteiger partial charge in [0, 0.05) is 0 Å². The van der Waals surface area contributed by atoms with E-state index in [1.807, 2.05) is 0 Å². The van der Waals surface area contributed by atoms with E-state index in [2.05, 4.69) is 10.6 Å². The summed E-state index contributed by atoms with van der Waals surface area (Å²) in [7, 11) is 0. The minimum absolute atomic E-state index is 0.0722. The van der Waals surface area contributed by atoms with Crippen molar-refractivity contribution in [3.8, 4) is 11.5 Å². The number of ketones is 2. The molecule has 9 heteroatoms. The standard InChI is InChI=1S/C21H18F2N2O5/c1-20(2)17(26)13-9(22)5-7-11(15(13)29-20)24-19(28)25-12-8-6-10(23)14-16(12)30-21(3,4)18(14)27/h5-8H,1-4H3,(H2,24,25,28). The van der Waals surface area contributed by atoms with Crippen LogP contribution in [-0.4, -0.2) is 28.8 Å². The number of rotatable bonds is 2. The molecule has 0 saturated heterocycles. The van der Waals surface area contributed by atoms with E-state index in [1.165, 1.54) is 39.8 Å². The molecule has 2 aromatic rings. The van der Waals surface area contributed by atoms with Crippen LogP contribution in [0.25, 0.3) is 0 Å². The van der Waals surface area contributed by atoms with Crippen LogP contribution in [0.15, 0.2) is 24.3 Å². The van der Waals surface area contributed by atoms with Crippen LogP contribution < -0.4 is 20.1 Å². The second kappa shape index (κ2) is 6.25. The molecule has 30 heavy (non-hydrogen) atoms. The molecule has 0 unspecified atom stereocenters. The Kier molecular flexibility index (Phi) is 4.13. The van der Waals surface area contributed by atoms with E-state index < -0.39 is 40.4 Å². The normalized spacial score (nSPS) is 17.7. The summed E-state index contributed by atoms with van der Waals surface area (Å²) in [5.74, 6) is -2.72. The Labute approximate surface area is 170 Å². The zero-order valence-electron chi connectivity index (χ0n) is 16.6. The summed E-state index contributed by atoms with van der Waals surface area (Å²) in [6.45, 7) is 5.99. The Morgan fingerprint density at radius 1 is 0.767 bits per heavy atom. The van der Waals surface area contributed by atoms with Crippen LogP contribution in [0, 0.1) is 11.6 Å². The average molecular weight is 416 g/mol. The minimum Gasteiger partial charge on any atom is -0.477 e. The highest BCUT2D eigenvalue weighted by Gasteiger charge is 2.44. The topological polar surface area (TPSA) is 93.7 Å². The fraction of sp³-hybridized carbons (Fsp3) is 0.286. The fourth-order valence-corrected chi connectivity index (χ4v) is 3.43. The van der Waals surface area contributed by atoms with Crippen molar-refractivity contribution in [2.24, 2.45) is 0 Å². The maximum absolute atomic E-state index is 14.1. The van der Waals surface area contributed by atoms with Gasteiger partial charge in [-0.05, 0) is 52.0 Å². The summed E-state index contributed by atoms with van der Waals surface area (Å²) in [6, 6.07) is 3.86. The van der Waals surface area contributed by atoms with Gasteiger partial charge in [-0.2, -0.15) is 0 Å². The van der Waals surface area contributed by atoms with Crippen LogP contribution in [0.1, 0.15) is 48.4 Å². The van der Waals surface area contributed by atoms with Crippen molar-refractivity contribution < 1.29 is 32.6 Å². The van der Waals surface area contributed by atoms with Crippen molar-refractivity contribution in [2.75, 3.05) is 10.6 Å². The monoisotopic (exact) mass is 416 g/mol. The van der Waals surface area contributed by atoms with Crippen molar-refractivity contribution in [2.45, 2.75) is 38.9 Å². The molecule has 156 valence electrons. The Balaban J connectivity index is 1.62. The average Bonchev–Trinajstić information content (AvgIpc) is 3.04. The van der Waals surface area contributed by atoms with Crippen molar-refractivity contribution in [3.05, 3.63) is 47.0 Å². The largest absolute Gasteiger partial charge is 0.477 e. The number of anilines is 2. The van der Waals surface area contributed by atoms with Crippen LogP contribution in [0.5, 0.6) is 11.5 Å². The third-order valence-corrected chi connectivity index (χ3v) is 4.97. The summed E-state index contributed by atoms with van der Waals surface area (Å²) in [5, 5.41) is 4.97. The highest BCUT2D eigenvalue weighted by molar-refractivity contribution is 6.12. The lowest BCUT2D eigenvalue weighted by molar-refractivity contribution is 0.0682. The number of benzene rings is 2. The van der Waals surface area contributed by atoms with E-state index in [4.69, 9.17) is 9.47 Å². The first-order chi connectivity index (χ1) is 13.9. The molecule has 2 amide bonds. The molecule has 4 rings (SSSR count). The molecule has 2 aromatic carbocycles. The molecule has 0 aliphatic carbocycles. The molecule has 2 aliphatic rings. The molecule has 2 aliphatic heterocycles. The van der Waals surface area contributed by atoms with Crippen molar-refractivity contribution in [1.29, 1.82) is 0 Å². The van der Waals surface area contributed by atoms with Crippen molar-refractivity contribution in [3.63, 3.8) is 0 Å². The molecule has 0 spiro atoms. The Bertz CT molecular complexity index is 1050. The Hall–Kier alpha value is -3.49. The molecule has 0 atom stereocenters. The Morgan fingerprint density at radius 3 is 1.50 bits per heavy atom. The molecule has 2 heterocycles. The first-order valence-corrected chi connectivity index (χ1v) is 9.13. The van der Waals surface area contributed by atoms with Crippen LogP contribution in [-0.2, 0) is 0 Å². The van der Waals surface area contributed by atoms with Gasteiger partial charge in [-0.3, -0.25) is 9.59 Å². The third-order valence-electron chi connectivity index (χ3n) is 4.97. The van der Waals surface area contributed by atoms with Gasteiger partial charge in [-0.1, -0.05) is 0 Å². The molecule has 2 N–H and O–H groups in total. The van der Waals surface area contributed by atoms with Gasteiger partial charge in [0.2, 0.25) is 11.6 Å². The highest BCUT2D eigenvalue weighted by atomic mass is 19.1. The summed E-state index contributed by atoms with van der Waals surface area (Å²) < 4.78 is 39.4. The second-order valence-corrected chi connectivity index (χ2v) is 8.06. The lowest BCUT2D eigenvalue weighted by Gasteiger charge is -2.18. The number of carbonyl (C=O) groups excluding carboxylic acids is 3. The number of Topliss-reactive ketones (excluding diaryl/α,β-unsaturated/α-hetero) is 2. The van der Waals surface area contributed by atoms with Gasteiger partial charge in [-0.25, -0.2) is 13.6 Å². The maximum atomic E-state index is 14.1. The van der Waals surface area contributed by atoms with Gasteiger partial charge >= 0.3 is 6.03 Å². The number of ether oxygens (including phenoxy) is 2. The van der Waals surface area contributed by atoms with E-state index in [-0.39, 0.29) is 34.0 Å². The Morgan fingerprint density at radius 2 is 1.13 bits per heavy atom. The van der Waals surface area contributed by atoms with Crippen LogP contribution >= 0.6 is 0 Å². The quantitative estimate of drug-likeness (QED) is 0.761. The maximum Gasteiger partial charge on any atom is 0.323 e. The molecule has 0 bridgehead atoms. The van der Waals surface area contributed by atoms with Crippen molar-refractivity contribution in [1.82, 2.24) is 0 Å². The summed E-state index contributed by atoms with van der Waals surface area (Å²) in [4.78, 5) is 37.2. The van der Waals surface area contributed by atoms with Crippen molar-refractivity contribution >= 4 is 29.0 Å². The van der Waals surface area contributed by atoms with Gasteiger partial charge < -0.3 is 20.1 Å². The predicted molar refractivity (Wildman–Crippen MR) is 104 cm³/mol. The molecule has 0 saturated carbocycles. The molecule has 0 aromatic heterocycles. The number of halogens is 2. The van der Waals surface area contributed by atoms with Gasteiger partial charge in [0.1, 0.15) is 22.8 Å². The zero-order valence-corrected chi connectivity index (χ0v) is 16.6. The van der Waals surface area contributed by atoms with E-state index >= 15 is 0 Å². The van der Waals surface area contributed by atoms with Gasteiger partial charge in [0.15, 0.2) is 22.7 Å². The van der Waals surface area contributed by atoms with Crippen LogP contribution in [0.3, 0.4) is 0 Å². The molecule has 0 radical (unpaired) electrons. The van der Waals surface area contributed by atoms with E-state index in [1.54, 1.807) is 0 Å². The van der Waals surface area contributed by atoms with Crippen LogP contribution in [0.2, 0.25) is 0 Å². The number of fused-ring (bicyclic) bond motifs is 2. The number of nitrogens with one attached hydrogen (secondary N) is 2. The first-order valence-electron chi connectivity index (χ1n) is 9.13. The lowest BCUT2D eigenvalue weighted by atomic mass is 9.99. The van der Waals surface area contributed by atoms with Crippen LogP contribution in [0.4, 0.5) is 25.0 Å². The van der Waals surface area contributed by atoms with Gasteiger partial charge in [0.05, 0.1) is 11.4 Å². The van der Waals surface area contributed by atoms with E-state index in [0.29, 0.717) is 0 Å². The lowest BCUT2D eigenvalue weighted by Crippen LogP contribution is -2.32. The first kappa shape index (κ1) is 19.8. The second-order valence-electron chi connectivity index (χ2n) is 8.06. The predicted octanol–water partition coefficient (Wildman–Crippen LogP) is 4.32. The third kappa shape index (κ3) is 2.89. The van der Waals surface area contributed by atoms with Gasteiger partial charge in [0.25, 0.3) is 0 Å². The smallest absolute Gasteiger partial charge is 0.323 e. The highest BCUT2D eigenvalue weighted by Crippen LogP contribution is 2.43. The molecular formula is C21H18F2N2O5. The number of amides is 2. The minimum atomic E-state index is -1.27. The summed E-state index contributed by atoms with van der Waals surface area (Å²) >= 11 is 0. The number of hydrogen-bond acceptors (Lipinski definition) is 5. The summed E-state index contributed by atoms with van der Waals surface area (Å²) in [6.07, 6.45) is 0. The SMILES string of the molecule is CC1(C)Oc2c(NC(=O)Nc3ccc(F)c4c3OC(C)(C)C4=O)ccc(F)c2C1=O. The zero-order chi connectivity index (χ0) is 22.0. The molecule has 0 fully saturated rings. The molecule has 7 nitrogen and oxygen atoms in total. The number of hydrogen-bond donors (Lipinski definition) is 2. The fourth-order valence-electron chi connectivity index (χ4n) is 3.43. The van der Waals surface area contributed by atoms with Gasteiger partial charge in [-0.15, -0.1) is 0 Å². The summed E-state index contributed by atoms with van der Waals surface area (Å²) in [5.41, 5.74) is -2.85. The van der Waals surface area contributed by atoms with E-state index in [0.717, 1.165) is 12.1 Å². The molecular weight excluding hydrogens is 398 g/mol.